The molecule has 0 atom stereocenters. The molecule has 8 heteroatoms. The van der Waals surface area contributed by atoms with E-state index in [9.17, 15) is 9.59 Å². The third kappa shape index (κ3) is 6.41. The van der Waals surface area contributed by atoms with Gasteiger partial charge in [-0.2, -0.15) is 0 Å². The Kier molecular flexibility index (Phi) is 8.34. The first kappa shape index (κ1) is 24.4. The van der Waals surface area contributed by atoms with Crippen LogP contribution in [0.5, 0.6) is 23.0 Å². The second kappa shape index (κ2) is 11.6. The predicted molar refractivity (Wildman–Crippen MR) is 128 cm³/mol. The van der Waals surface area contributed by atoms with Gasteiger partial charge in [0.1, 0.15) is 23.0 Å². The topological polar surface area (TPSA) is 95.1 Å². The van der Waals surface area contributed by atoms with E-state index < -0.39 is 0 Å². The summed E-state index contributed by atoms with van der Waals surface area (Å²) in [6, 6.07) is 17.7. The Hall–Kier alpha value is -4.20. The zero-order chi connectivity index (χ0) is 24.5. The molecule has 2 N–H and O–H groups in total. The third-order valence-corrected chi connectivity index (χ3v) is 5.16. The van der Waals surface area contributed by atoms with Crippen molar-refractivity contribution in [3.8, 4) is 23.0 Å². The number of carbonyl (C=O) groups is 2. The lowest BCUT2D eigenvalue weighted by molar-refractivity contribution is 0.0942. The molecule has 3 aromatic rings. The van der Waals surface area contributed by atoms with Gasteiger partial charge in [0, 0.05) is 36.3 Å². The van der Waals surface area contributed by atoms with Crippen LogP contribution >= 0.6 is 0 Å². The molecule has 0 saturated carbocycles. The molecule has 0 unspecified atom stereocenters. The van der Waals surface area contributed by atoms with Crippen LogP contribution in [0.25, 0.3) is 0 Å². The highest BCUT2D eigenvalue weighted by Crippen LogP contribution is 2.23. The smallest absolute Gasteiger partial charge is 0.251 e. The van der Waals surface area contributed by atoms with Gasteiger partial charge in [0.15, 0.2) is 0 Å². The van der Waals surface area contributed by atoms with E-state index in [1.807, 2.05) is 24.3 Å². The normalized spacial score (nSPS) is 10.2. The second-order valence-corrected chi connectivity index (χ2v) is 7.38. The summed E-state index contributed by atoms with van der Waals surface area (Å²) in [6.45, 7) is 0.712. The molecule has 0 spiro atoms. The van der Waals surface area contributed by atoms with E-state index in [2.05, 4.69) is 10.6 Å². The number of ether oxygens (including phenoxy) is 4. The summed E-state index contributed by atoms with van der Waals surface area (Å²) in [5.41, 5.74) is 2.75. The lowest BCUT2D eigenvalue weighted by Gasteiger charge is -2.11. The van der Waals surface area contributed by atoms with Gasteiger partial charge >= 0.3 is 0 Å². The number of amides is 2. The monoisotopic (exact) mass is 464 g/mol. The number of rotatable bonds is 10. The second-order valence-electron chi connectivity index (χ2n) is 7.38. The molecule has 3 rings (SSSR count). The number of hydrogen-bond donors (Lipinski definition) is 2. The van der Waals surface area contributed by atoms with Crippen molar-refractivity contribution in [2.24, 2.45) is 0 Å². The highest BCUT2D eigenvalue weighted by Gasteiger charge is 2.11. The summed E-state index contributed by atoms with van der Waals surface area (Å²) in [7, 11) is 6.14. The summed E-state index contributed by atoms with van der Waals surface area (Å²) >= 11 is 0. The number of nitrogens with one attached hydrogen (secondary N) is 2. The molecular formula is C26H28N2O6. The van der Waals surface area contributed by atoms with Gasteiger partial charge in [-0.15, -0.1) is 0 Å². The largest absolute Gasteiger partial charge is 0.497 e. The number of hydrogen-bond acceptors (Lipinski definition) is 6. The number of methoxy groups -OCH3 is 4. The van der Waals surface area contributed by atoms with E-state index in [4.69, 9.17) is 18.9 Å². The van der Waals surface area contributed by atoms with E-state index in [-0.39, 0.29) is 11.8 Å². The first-order chi connectivity index (χ1) is 16.4. The molecule has 0 aliphatic rings. The van der Waals surface area contributed by atoms with Crippen molar-refractivity contribution in [1.29, 1.82) is 0 Å². The minimum atomic E-state index is -0.234. The SMILES string of the molecule is COc1cc(OC)cc(C(=O)NCc2ccc(CNC(=O)c3cc(OC)cc(OC)c3)cc2)c1. The zero-order valence-corrected chi connectivity index (χ0v) is 19.6. The summed E-state index contributed by atoms with van der Waals surface area (Å²) in [4.78, 5) is 25.1. The first-order valence-corrected chi connectivity index (χ1v) is 10.6. The van der Waals surface area contributed by atoms with Crippen molar-refractivity contribution in [2.45, 2.75) is 13.1 Å². The van der Waals surface area contributed by atoms with Crippen LogP contribution in [-0.2, 0) is 13.1 Å². The number of carbonyl (C=O) groups excluding carboxylic acids is 2. The molecule has 0 radical (unpaired) electrons. The molecule has 0 aromatic heterocycles. The zero-order valence-electron chi connectivity index (χ0n) is 19.6. The van der Waals surface area contributed by atoms with Gasteiger partial charge in [-0.25, -0.2) is 0 Å². The van der Waals surface area contributed by atoms with Crippen molar-refractivity contribution < 1.29 is 28.5 Å². The highest BCUT2D eigenvalue weighted by molar-refractivity contribution is 5.95. The Balaban J connectivity index is 1.55. The Morgan fingerprint density at radius 1 is 0.559 bits per heavy atom. The molecule has 0 aliphatic heterocycles. The van der Waals surface area contributed by atoms with Gasteiger partial charge in [0.25, 0.3) is 11.8 Å². The summed E-state index contributed by atoms with van der Waals surface area (Å²) < 4.78 is 20.8. The third-order valence-electron chi connectivity index (χ3n) is 5.16. The van der Waals surface area contributed by atoms with Crippen molar-refractivity contribution in [2.75, 3.05) is 28.4 Å². The Morgan fingerprint density at radius 2 is 0.853 bits per heavy atom. The van der Waals surface area contributed by atoms with E-state index in [0.717, 1.165) is 11.1 Å². The maximum atomic E-state index is 12.5. The average Bonchev–Trinajstić information content (AvgIpc) is 2.89. The van der Waals surface area contributed by atoms with Crippen LogP contribution in [0.4, 0.5) is 0 Å². The van der Waals surface area contributed by atoms with Crippen molar-refractivity contribution in [3.63, 3.8) is 0 Å². The van der Waals surface area contributed by atoms with Crippen LogP contribution in [0.15, 0.2) is 60.7 Å². The van der Waals surface area contributed by atoms with Crippen LogP contribution in [0, 0.1) is 0 Å². The quantitative estimate of drug-likeness (QED) is 0.476. The maximum Gasteiger partial charge on any atom is 0.251 e. The van der Waals surface area contributed by atoms with Crippen LogP contribution in [0.1, 0.15) is 31.8 Å². The molecular weight excluding hydrogens is 436 g/mol. The van der Waals surface area contributed by atoms with E-state index in [1.54, 1.807) is 36.4 Å². The standard InChI is InChI=1S/C26H28N2O6/c1-31-21-9-19(10-22(13-21)32-2)25(29)27-15-17-5-7-18(8-6-17)16-28-26(30)20-11-23(33-3)14-24(12-20)34-4/h5-14H,15-16H2,1-4H3,(H,27,29)(H,28,30). The summed E-state index contributed by atoms with van der Waals surface area (Å²) in [6.07, 6.45) is 0. The average molecular weight is 465 g/mol. The van der Waals surface area contributed by atoms with Gasteiger partial charge in [0.2, 0.25) is 0 Å². The Bertz CT molecular complexity index is 1010. The summed E-state index contributed by atoms with van der Waals surface area (Å²) in [5, 5.41) is 5.77. The van der Waals surface area contributed by atoms with Gasteiger partial charge in [-0.3, -0.25) is 9.59 Å². The summed E-state index contributed by atoms with van der Waals surface area (Å²) in [5.74, 6) is 1.71. The fourth-order valence-electron chi connectivity index (χ4n) is 3.22. The molecule has 178 valence electrons. The fraction of sp³-hybridized carbons (Fsp3) is 0.231. The van der Waals surface area contributed by atoms with Crippen LogP contribution < -0.4 is 29.6 Å². The highest BCUT2D eigenvalue weighted by atomic mass is 16.5. The molecule has 0 fully saturated rings. The van der Waals surface area contributed by atoms with Gasteiger partial charge in [-0.05, 0) is 35.4 Å². The Morgan fingerprint density at radius 3 is 1.12 bits per heavy atom. The lowest BCUT2D eigenvalue weighted by atomic mass is 10.1. The molecule has 3 aromatic carbocycles. The van der Waals surface area contributed by atoms with Crippen LogP contribution in [-0.4, -0.2) is 40.3 Å². The molecule has 0 aliphatic carbocycles. The van der Waals surface area contributed by atoms with Crippen LogP contribution in [0.2, 0.25) is 0 Å². The minimum absolute atomic E-state index is 0.234. The van der Waals surface area contributed by atoms with E-state index in [1.165, 1.54) is 28.4 Å². The minimum Gasteiger partial charge on any atom is -0.497 e. The van der Waals surface area contributed by atoms with Crippen molar-refractivity contribution in [1.82, 2.24) is 10.6 Å². The molecule has 0 bridgehead atoms. The van der Waals surface area contributed by atoms with Gasteiger partial charge in [0.05, 0.1) is 28.4 Å². The predicted octanol–water partition coefficient (Wildman–Crippen LogP) is 3.58. The maximum absolute atomic E-state index is 12.5. The lowest BCUT2D eigenvalue weighted by Crippen LogP contribution is -2.23. The van der Waals surface area contributed by atoms with Crippen molar-refractivity contribution >= 4 is 11.8 Å². The first-order valence-electron chi connectivity index (χ1n) is 10.6. The van der Waals surface area contributed by atoms with Crippen molar-refractivity contribution in [3.05, 3.63) is 82.9 Å². The van der Waals surface area contributed by atoms with E-state index >= 15 is 0 Å². The van der Waals surface area contributed by atoms with Gasteiger partial charge in [-0.1, -0.05) is 24.3 Å². The molecule has 0 saturated heterocycles. The molecule has 34 heavy (non-hydrogen) atoms. The van der Waals surface area contributed by atoms with Gasteiger partial charge < -0.3 is 29.6 Å². The van der Waals surface area contributed by atoms with E-state index in [0.29, 0.717) is 47.2 Å². The number of benzene rings is 3. The van der Waals surface area contributed by atoms with Crippen LogP contribution in [0.3, 0.4) is 0 Å². The fourth-order valence-corrected chi connectivity index (χ4v) is 3.22. The molecule has 8 nitrogen and oxygen atoms in total. The Labute approximate surface area is 198 Å². The molecule has 2 amide bonds. The molecule has 0 heterocycles.